The second-order valence-corrected chi connectivity index (χ2v) is 4.98. The summed E-state index contributed by atoms with van der Waals surface area (Å²) in [6.45, 7) is 1.63. The number of ether oxygens (including phenoxy) is 1. The van der Waals surface area contributed by atoms with Gasteiger partial charge in [0.2, 0.25) is 0 Å². The molecule has 1 unspecified atom stereocenters. The van der Waals surface area contributed by atoms with Crippen molar-refractivity contribution in [1.29, 1.82) is 0 Å². The molecule has 1 N–H and O–H groups in total. The Morgan fingerprint density at radius 1 is 1.50 bits per heavy atom. The van der Waals surface area contributed by atoms with E-state index in [4.69, 9.17) is 16.3 Å². The first-order valence-corrected chi connectivity index (χ1v) is 6.01. The molecule has 1 aliphatic heterocycles. The van der Waals surface area contributed by atoms with Crippen LogP contribution in [-0.4, -0.2) is 19.3 Å². The molecule has 1 atom stereocenters. The highest BCUT2D eigenvalue weighted by Gasteiger charge is 2.15. The third-order valence-corrected chi connectivity index (χ3v) is 3.20. The van der Waals surface area contributed by atoms with E-state index in [0.29, 0.717) is 6.04 Å². The molecule has 1 aliphatic rings. The zero-order chi connectivity index (χ0) is 9.97. The minimum atomic E-state index is 0.410. The molecule has 0 aliphatic carbocycles. The van der Waals surface area contributed by atoms with Gasteiger partial charge in [-0.25, -0.2) is 0 Å². The van der Waals surface area contributed by atoms with Gasteiger partial charge in [0, 0.05) is 10.2 Å². The van der Waals surface area contributed by atoms with Crippen LogP contribution in [0.2, 0.25) is 5.02 Å². The molecule has 0 radical (unpaired) electrons. The maximum absolute atomic E-state index is 6.10. The van der Waals surface area contributed by atoms with Gasteiger partial charge < -0.3 is 10.1 Å². The molecule has 0 bridgehead atoms. The summed E-state index contributed by atoms with van der Waals surface area (Å²) in [5.74, 6) is 0. The number of benzene rings is 1. The van der Waals surface area contributed by atoms with E-state index in [-0.39, 0.29) is 0 Å². The average Bonchev–Trinajstić information content (AvgIpc) is 2.62. The molecule has 1 fully saturated rings. The lowest BCUT2D eigenvalue weighted by atomic mass is 10.2. The lowest BCUT2D eigenvalue weighted by Gasteiger charge is -2.13. The Kier molecular flexibility index (Phi) is 3.52. The van der Waals surface area contributed by atoms with Crippen LogP contribution >= 0.6 is 34.2 Å². The van der Waals surface area contributed by atoms with Crippen molar-refractivity contribution in [3.8, 4) is 0 Å². The van der Waals surface area contributed by atoms with E-state index in [2.05, 4.69) is 27.9 Å². The molecule has 4 heteroatoms. The summed E-state index contributed by atoms with van der Waals surface area (Å²) in [7, 11) is 0. The smallest absolute Gasteiger partial charge is 0.0668 e. The van der Waals surface area contributed by atoms with Crippen LogP contribution in [0.4, 0.5) is 5.69 Å². The van der Waals surface area contributed by atoms with E-state index >= 15 is 0 Å². The fraction of sp³-hybridized carbons (Fsp3) is 0.400. The molecule has 1 aromatic rings. The maximum atomic E-state index is 6.10. The number of anilines is 1. The number of halogens is 2. The van der Waals surface area contributed by atoms with Crippen molar-refractivity contribution >= 4 is 39.9 Å². The van der Waals surface area contributed by atoms with Crippen molar-refractivity contribution in [3.63, 3.8) is 0 Å². The third kappa shape index (κ3) is 2.52. The second kappa shape index (κ2) is 4.68. The highest BCUT2D eigenvalue weighted by atomic mass is 127. The minimum Gasteiger partial charge on any atom is -0.379 e. The van der Waals surface area contributed by atoms with Crippen LogP contribution in [0.15, 0.2) is 18.2 Å². The Morgan fingerprint density at radius 3 is 3.00 bits per heavy atom. The number of rotatable bonds is 2. The van der Waals surface area contributed by atoms with Gasteiger partial charge in [-0.1, -0.05) is 11.6 Å². The van der Waals surface area contributed by atoms with Crippen LogP contribution in [0.1, 0.15) is 6.42 Å². The van der Waals surface area contributed by atoms with Gasteiger partial charge in [0.25, 0.3) is 0 Å². The molecule has 1 aromatic carbocycles. The summed E-state index contributed by atoms with van der Waals surface area (Å²) in [6, 6.07) is 6.43. The molecule has 1 saturated heterocycles. The van der Waals surface area contributed by atoms with Crippen molar-refractivity contribution in [3.05, 3.63) is 26.8 Å². The lowest BCUT2D eigenvalue weighted by Crippen LogP contribution is -2.19. The van der Waals surface area contributed by atoms with Crippen LogP contribution in [-0.2, 0) is 4.74 Å². The third-order valence-electron chi connectivity index (χ3n) is 2.22. The fourth-order valence-corrected chi connectivity index (χ4v) is 2.39. The normalized spacial score (nSPS) is 21.1. The molecule has 76 valence electrons. The van der Waals surface area contributed by atoms with Crippen molar-refractivity contribution in [2.24, 2.45) is 0 Å². The Hall–Kier alpha value is -0.000000000000000132. The monoisotopic (exact) mass is 323 g/mol. The quantitative estimate of drug-likeness (QED) is 0.844. The molecule has 1 heterocycles. The number of nitrogens with one attached hydrogen (secondary N) is 1. The van der Waals surface area contributed by atoms with Gasteiger partial charge >= 0.3 is 0 Å². The molecule has 0 aromatic heterocycles. The van der Waals surface area contributed by atoms with Gasteiger partial charge in [0.05, 0.1) is 23.4 Å². The number of hydrogen-bond donors (Lipinski definition) is 1. The summed E-state index contributed by atoms with van der Waals surface area (Å²) in [5.41, 5.74) is 1.00. The summed E-state index contributed by atoms with van der Waals surface area (Å²) in [4.78, 5) is 0. The zero-order valence-electron chi connectivity index (χ0n) is 7.59. The SMILES string of the molecule is Clc1cc(I)ccc1NC1CCOC1. The molecule has 14 heavy (non-hydrogen) atoms. The first-order chi connectivity index (χ1) is 6.75. The zero-order valence-corrected chi connectivity index (χ0v) is 10.5. The van der Waals surface area contributed by atoms with Gasteiger partial charge in [-0.2, -0.15) is 0 Å². The Labute approximate surface area is 102 Å². The van der Waals surface area contributed by atoms with E-state index in [9.17, 15) is 0 Å². The summed E-state index contributed by atoms with van der Waals surface area (Å²) in [5, 5.41) is 4.16. The summed E-state index contributed by atoms with van der Waals surface area (Å²) >= 11 is 8.35. The Morgan fingerprint density at radius 2 is 2.36 bits per heavy atom. The van der Waals surface area contributed by atoms with E-state index in [0.717, 1.165) is 33.9 Å². The largest absolute Gasteiger partial charge is 0.379 e. The van der Waals surface area contributed by atoms with Crippen LogP contribution < -0.4 is 5.32 Å². The van der Waals surface area contributed by atoms with E-state index in [1.165, 1.54) is 0 Å². The second-order valence-electron chi connectivity index (χ2n) is 3.33. The molecule has 0 spiro atoms. The fourth-order valence-electron chi connectivity index (χ4n) is 1.47. The molecule has 0 saturated carbocycles. The van der Waals surface area contributed by atoms with Gasteiger partial charge in [-0.05, 0) is 47.2 Å². The number of hydrogen-bond acceptors (Lipinski definition) is 2. The lowest BCUT2D eigenvalue weighted by molar-refractivity contribution is 0.195. The van der Waals surface area contributed by atoms with Gasteiger partial charge in [0.1, 0.15) is 0 Å². The van der Waals surface area contributed by atoms with Crippen LogP contribution in [0.25, 0.3) is 0 Å². The predicted octanol–water partition coefficient (Wildman–Crippen LogP) is 3.15. The highest BCUT2D eigenvalue weighted by Crippen LogP contribution is 2.25. The first-order valence-electron chi connectivity index (χ1n) is 4.55. The maximum Gasteiger partial charge on any atom is 0.0668 e. The molecule has 2 rings (SSSR count). The Bertz CT molecular complexity index is 326. The standard InChI is InChI=1S/C10H11ClINO/c11-9-5-7(12)1-2-10(9)13-8-3-4-14-6-8/h1-2,5,8,13H,3-4,6H2. The molecular formula is C10H11ClINO. The highest BCUT2D eigenvalue weighted by molar-refractivity contribution is 14.1. The van der Waals surface area contributed by atoms with E-state index in [1.807, 2.05) is 18.2 Å². The van der Waals surface area contributed by atoms with Gasteiger partial charge in [0.15, 0.2) is 0 Å². The van der Waals surface area contributed by atoms with Crippen LogP contribution in [0, 0.1) is 3.57 Å². The first kappa shape index (κ1) is 10.5. The van der Waals surface area contributed by atoms with Gasteiger partial charge in [-0.3, -0.25) is 0 Å². The topological polar surface area (TPSA) is 21.3 Å². The van der Waals surface area contributed by atoms with Crippen molar-refractivity contribution < 1.29 is 4.74 Å². The van der Waals surface area contributed by atoms with Gasteiger partial charge in [-0.15, -0.1) is 0 Å². The van der Waals surface area contributed by atoms with Crippen molar-refractivity contribution in [2.75, 3.05) is 18.5 Å². The van der Waals surface area contributed by atoms with Crippen LogP contribution in [0.5, 0.6) is 0 Å². The van der Waals surface area contributed by atoms with E-state index < -0.39 is 0 Å². The predicted molar refractivity (Wildman–Crippen MR) is 67.0 cm³/mol. The summed E-state index contributed by atoms with van der Waals surface area (Å²) < 4.78 is 6.44. The van der Waals surface area contributed by atoms with E-state index in [1.54, 1.807) is 0 Å². The van der Waals surface area contributed by atoms with Crippen molar-refractivity contribution in [2.45, 2.75) is 12.5 Å². The van der Waals surface area contributed by atoms with Crippen molar-refractivity contribution in [1.82, 2.24) is 0 Å². The van der Waals surface area contributed by atoms with Crippen LogP contribution in [0.3, 0.4) is 0 Å². The minimum absolute atomic E-state index is 0.410. The molecule has 2 nitrogen and oxygen atoms in total. The summed E-state index contributed by atoms with van der Waals surface area (Å²) in [6.07, 6.45) is 1.06. The Balaban J connectivity index is 2.08. The molecular weight excluding hydrogens is 312 g/mol. The molecule has 0 amide bonds. The average molecular weight is 324 g/mol.